The van der Waals surface area contributed by atoms with Crippen molar-refractivity contribution in [2.24, 2.45) is 0 Å². The zero-order valence-corrected chi connectivity index (χ0v) is 16.5. The van der Waals surface area contributed by atoms with Crippen LogP contribution in [0.15, 0.2) is 28.8 Å². The van der Waals surface area contributed by atoms with Crippen molar-refractivity contribution in [3.05, 3.63) is 52.9 Å². The quantitative estimate of drug-likeness (QED) is 0.804. The van der Waals surface area contributed by atoms with Gasteiger partial charge in [0.05, 0.1) is 5.69 Å². The summed E-state index contributed by atoms with van der Waals surface area (Å²) in [5.41, 5.74) is 1.53. The lowest BCUT2D eigenvalue weighted by molar-refractivity contribution is 0.0890. The van der Waals surface area contributed by atoms with Gasteiger partial charge in [-0.15, -0.1) is 0 Å². The van der Waals surface area contributed by atoms with Crippen molar-refractivity contribution >= 4 is 5.91 Å². The zero-order valence-electron chi connectivity index (χ0n) is 16.5. The molecule has 0 radical (unpaired) electrons. The van der Waals surface area contributed by atoms with Crippen molar-refractivity contribution in [2.75, 3.05) is 13.1 Å². The molecule has 7 heteroatoms. The van der Waals surface area contributed by atoms with Crippen molar-refractivity contribution in [1.82, 2.24) is 15.4 Å². The van der Waals surface area contributed by atoms with Crippen LogP contribution in [0.5, 0.6) is 0 Å². The van der Waals surface area contributed by atoms with E-state index >= 15 is 0 Å². The first-order valence-electron chi connectivity index (χ1n) is 10.5. The first-order valence-corrected chi connectivity index (χ1v) is 10.5. The summed E-state index contributed by atoms with van der Waals surface area (Å²) < 4.78 is 31.9. The third-order valence-corrected chi connectivity index (χ3v) is 6.01. The first kappa shape index (κ1) is 20.0. The average Bonchev–Trinajstić information content (AvgIpc) is 3.22. The number of amides is 1. The number of carbonyl (C=O) groups is 1. The van der Waals surface area contributed by atoms with Gasteiger partial charge < -0.3 is 9.84 Å². The van der Waals surface area contributed by atoms with Crippen LogP contribution in [0.4, 0.5) is 8.78 Å². The van der Waals surface area contributed by atoms with Crippen LogP contribution in [0.2, 0.25) is 0 Å². The van der Waals surface area contributed by atoms with Crippen molar-refractivity contribution in [3.63, 3.8) is 0 Å². The molecule has 156 valence electrons. The molecule has 1 amide bonds. The number of rotatable bonds is 5. The predicted octanol–water partition coefficient (Wildman–Crippen LogP) is 4.39. The molecule has 1 aliphatic carbocycles. The summed E-state index contributed by atoms with van der Waals surface area (Å²) in [7, 11) is 0. The summed E-state index contributed by atoms with van der Waals surface area (Å²) in [6.45, 7) is 2.19. The molecule has 4 rings (SSSR count). The highest BCUT2D eigenvalue weighted by Gasteiger charge is 2.26. The molecule has 1 atom stereocenters. The largest absolute Gasteiger partial charge is 0.351 e. The second kappa shape index (κ2) is 9.03. The molecule has 5 nitrogen and oxygen atoms in total. The number of nitrogens with zero attached hydrogens (tertiary/aromatic N) is 2. The second-order valence-corrected chi connectivity index (χ2v) is 8.25. The molecule has 1 aromatic heterocycles. The number of benzene rings is 1. The molecular weight excluding hydrogens is 376 g/mol. The number of halogens is 2. The molecule has 1 N–H and O–H groups in total. The fourth-order valence-corrected chi connectivity index (χ4v) is 4.43. The fourth-order valence-electron chi connectivity index (χ4n) is 4.43. The maximum Gasteiger partial charge on any atom is 0.290 e. The molecule has 2 fully saturated rings. The van der Waals surface area contributed by atoms with E-state index in [9.17, 15) is 13.6 Å². The third kappa shape index (κ3) is 5.01. The highest BCUT2D eigenvalue weighted by molar-refractivity contribution is 5.91. The lowest BCUT2D eigenvalue weighted by atomic mass is 9.94. The monoisotopic (exact) mass is 403 g/mol. The predicted molar refractivity (Wildman–Crippen MR) is 104 cm³/mol. The molecule has 1 saturated carbocycles. The van der Waals surface area contributed by atoms with Crippen LogP contribution >= 0.6 is 0 Å². The SMILES string of the molecule is O=C(NC1CCCCC1)c1cc(C2CCCN(Cc3ccc(F)c(F)c3)C2)no1. The Balaban J connectivity index is 1.35. The third-order valence-electron chi connectivity index (χ3n) is 6.01. The molecule has 1 aromatic carbocycles. The number of piperidine rings is 1. The van der Waals surface area contributed by atoms with Gasteiger partial charge in [0.15, 0.2) is 11.6 Å². The molecule has 1 saturated heterocycles. The van der Waals surface area contributed by atoms with Crippen LogP contribution in [-0.4, -0.2) is 35.1 Å². The van der Waals surface area contributed by atoms with E-state index in [4.69, 9.17) is 4.52 Å². The lowest BCUT2D eigenvalue weighted by Crippen LogP contribution is -2.36. The van der Waals surface area contributed by atoms with E-state index < -0.39 is 11.6 Å². The van der Waals surface area contributed by atoms with Crippen molar-refractivity contribution in [3.8, 4) is 0 Å². The lowest BCUT2D eigenvalue weighted by Gasteiger charge is -2.31. The van der Waals surface area contributed by atoms with Crippen LogP contribution in [0.3, 0.4) is 0 Å². The smallest absolute Gasteiger partial charge is 0.290 e. The van der Waals surface area contributed by atoms with Crippen LogP contribution in [0.1, 0.15) is 72.7 Å². The first-order chi connectivity index (χ1) is 14.1. The van der Waals surface area contributed by atoms with Gasteiger partial charge in [-0.3, -0.25) is 9.69 Å². The number of likely N-dealkylation sites (tertiary alicyclic amines) is 1. The van der Waals surface area contributed by atoms with Crippen LogP contribution < -0.4 is 5.32 Å². The summed E-state index contributed by atoms with van der Waals surface area (Å²) >= 11 is 0. The van der Waals surface area contributed by atoms with Gasteiger partial charge in [0, 0.05) is 31.1 Å². The topological polar surface area (TPSA) is 58.4 Å². The van der Waals surface area contributed by atoms with Gasteiger partial charge in [-0.1, -0.05) is 30.5 Å². The highest BCUT2D eigenvalue weighted by atomic mass is 19.2. The average molecular weight is 403 g/mol. The highest BCUT2D eigenvalue weighted by Crippen LogP contribution is 2.28. The van der Waals surface area contributed by atoms with Gasteiger partial charge in [-0.25, -0.2) is 8.78 Å². The molecule has 29 heavy (non-hydrogen) atoms. The Kier molecular flexibility index (Phi) is 6.23. The Hall–Kier alpha value is -2.28. The molecule has 1 aliphatic heterocycles. The normalized spacial score (nSPS) is 21.2. The molecule has 2 aliphatic rings. The summed E-state index contributed by atoms with van der Waals surface area (Å²) in [5.74, 6) is -1.41. The minimum Gasteiger partial charge on any atom is -0.351 e. The Morgan fingerprint density at radius 2 is 1.93 bits per heavy atom. The standard InChI is InChI=1S/C22H27F2N3O2/c23-18-9-8-15(11-19(18)24)13-27-10-4-5-16(14-27)20-12-21(29-26-20)22(28)25-17-6-2-1-3-7-17/h8-9,11-12,16-17H,1-7,10,13-14H2,(H,25,28). The van der Waals surface area contributed by atoms with Gasteiger partial charge in [0.1, 0.15) is 0 Å². The Morgan fingerprint density at radius 1 is 1.10 bits per heavy atom. The zero-order chi connectivity index (χ0) is 20.2. The number of nitrogens with one attached hydrogen (secondary N) is 1. The minimum absolute atomic E-state index is 0.161. The summed E-state index contributed by atoms with van der Waals surface area (Å²) in [6.07, 6.45) is 7.53. The van der Waals surface area contributed by atoms with Crippen molar-refractivity contribution < 1.29 is 18.1 Å². The molecule has 0 spiro atoms. The van der Waals surface area contributed by atoms with Crippen molar-refractivity contribution in [1.29, 1.82) is 0 Å². The molecule has 2 heterocycles. The second-order valence-electron chi connectivity index (χ2n) is 8.25. The summed E-state index contributed by atoms with van der Waals surface area (Å²) in [6, 6.07) is 6.02. The van der Waals surface area contributed by atoms with Crippen molar-refractivity contribution in [2.45, 2.75) is 63.5 Å². The number of hydrogen-bond donors (Lipinski definition) is 1. The maximum absolute atomic E-state index is 13.5. The minimum atomic E-state index is -0.827. The molecule has 0 bridgehead atoms. The van der Waals surface area contributed by atoms with E-state index in [0.29, 0.717) is 6.54 Å². The van der Waals surface area contributed by atoms with E-state index in [-0.39, 0.29) is 23.6 Å². The Labute approximate surface area is 169 Å². The van der Waals surface area contributed by atoms with Crippen LogP contribution in [0, 0.1) is 11.6 Å². The van der Waals surface area contributed by atoms with E-state index in [1.807, 2.05) is 0 Å². The Bertz CT molecular complexity index is 848. The Morgan fingerprint density at radius 3 is 2.72 bits per heavy atom. The number of aromatic nitrogens is 1. The summed E-state index contributed by atoms with van der Waals surface area (Å²) in [4.78, 5) is 14.7. The summed E-state index contributed by atoms with van der Waals surface area (Å²) in [5, 5.41) is 7.20. The van der Waals surface area contributed by atoms with Gasteiger partial charge in [-0.05, 0) is 49.9 Å². The van der Waals surface area contributed by atoms with E-state index in [0.717, 1.165) is 62.9 Å². The van der Waals surface area contributed by atoms with Gasteiger partial charge in [0.2, 0.25) is 5.76 Å². The van der Waals surface area contributed by atoms with Gasteiger partial charge in [0.25, 0.3) is 5.91 Å². The van der Waals surface area contributed by atoms with Gasteiger partial charge in [-0.2, -0.15) is 0 Å². The van der Waals surface area contributed by atoms with Crippen LogP contribution in [-0.2, 0) is 6.54 Å². The van der Waals surface area contributed by atoms with Crippen LogP contribution in [0.25, 0.3) is 0 Å². The van der Waals surface area contributed by atoms with E-state index in [1.54, 1.807) is 12.1 Å². The molecule has 2 aromatic rings. The van der Waals surface area contributed by atoms with E-state index in [1.165, 1.54) is 18.6 Å². The van der Waals surface area contributed by atoms with E-state index in [2.05, 4.69) is 15.4 Å². The molecule has 1 unspecified atom stereocenters. The molecular formula is C22H27F2N3O2. The van der Waals surface area contributed by atoms with Gasteiger partial charge >= 0.3 is 0 Å². The number of carbonyl (C=O) groups excluding carboxylic acids is 1. The number of hydrogen-bond acceptors (Lipinski definition) is 4. The fraction of sp³-hybridized carbons (Fsp3) is 0.545. The maximum atomic E-state index is 13.5.